The van der Waals surface area contributed by atoms with Crippen molar-refractivity contribution in [3.05, 3.63) is 30.3 Å². The Hall–Kier alpha value is -1.00. The number of amides is 1. The average Bonchev–Trinajstić information content (AvgIpc) is 3.23. The van der Waals surface area contributed by atoms with Gasteiger partial charge in [-0.2, -0.15) is 0 Å². The molecule has 1 saturated heterocycles. The molecule has 0 atom stereocenters. The van der Waals surface area contributed by atoms with Crippen molar-refractivity contribution >= 4 is 47.6 Å². The molecular weight excluding hydrogens is 533 g/mol. The molecule has 1 aromatic rings. The molecule has 8 heteroatoms. The first-order valence-corrected chi connectivity index (χ1v) is 12.5. The first kappa shape index (κ1) is 27.2. The number of nitrogens with zero attached hydrogens (tertiary/aromatic N) is 3. The predicted molar refractivity (Wildman–Crippen MR) is 146 cm³/mol. The molecule has 6 nitrogen and oxygen atoms in total. The SMILES string of the molecule is CCNC(=NCC1(Sc2ccccc2)CCCC1)NC1CCN(CC(=O)N(C)C)CC1.I. The van der Waals surface area contributed by atoms with Gasteiger partial charge in [0.1, 0.15) is 0 Å². The summed E-state index contributed by atoms with van der Waals surface area (Å²) in [6, 6.07) is 11.2. The van der Waals surface area contributed by atoms with E-state index in [0.717, 1.165) is 45.0 Å². The van der Waals surface area contributed by atoms with Gasteiger partial charge in [0.15, 0.2) is 5.96 Å². The zero-order valence-electron chi connectivity index (χ0n) is 19.8. The van der Waals surface area contributed by atoms with Crippen LogP contribution in [0.3, 0.4) is 0 Å². The molecule has 1 saturated carbocycles. The maximum absolute atomic E-state index is 12.0. The van der Waals surface area contributed by atoms with E-state index in [4.69, 9.17) is 4.99 Å². The summed E-state index contributed by atoms with van der Waals surface area (Å²) in [6.07, 6.45) is 7.12. The summed E-state index contributed by atoms with van der Waals surface area (Å²) in [5, 5.41) is 7.11. The molecule has 2 aliphatic rings. The van der Waals surface area contributed by atoms with E-state index in [1.807, 2.05) is 25.9 Å². The van der Waals surface area contributed by atoms with Gasteiger partial charge in [0.25, 0.3) is 0 Å². The first-order chi connectivity index (χ1) is 15.0. The minimum absolute atomic E-state index is 0. The Labute approximate surface area is 215 Å². The molecular formula is C24H40IN5OS. The van der Waals surface area contributed by atoms with Crippen LogP contribution in [0, 0.1) is 0 Å². The second-order valence-electron chi connectivity index (χ2n) is 8.98. The number of hydrogen-bond acceptors (Lipinski definition) is 4. The standard InChI is InChI=1S/C24H39N5OS.HI/c1-4-25-23(27-20-12-16-29(17-13-20)18-22(30)28(2)3)26-19-24(14-8-9-15-24)31-21-10-6-5-7-11-21;/h5-7,10-11,20H,4,8-9,12-19H2,1-3H3,(H2,25,26,27);1H. The number of piperidine rings is 1. The summed E-state index contributed by atoms with van der Waals surface area (Å²) in [5.41, 5.74) is 0. The fraction of sp³-hybridized carbons (Fsp3) is 0.667. The van der Waals surface area contributed by atoms with E-state index in [1.54, 1.807) is 4.90 Å². The van der Waals surface area contributed by atoms with Gasteiger partial charge in [-0.1, -0.05) is 31.0 Å². The van der Waals surface area contributed by atoms with E-state index >= 15 is 0 Å². The molecule has 0 radical (unpaired) electrons. The molecule has 32 heavy (non-hydrogen) atoms. The van der Waals surface area contributed by atoms with Crippen LogP contribution >= 0.6 is 35.7 Å². The van der Waals surface area contributed by atoms with Crippen molar-refractivity contribution in [3.63, 3.8) is 0 Å². The Morgan fingerprint density at radius 2 is 1.84 bits per heavy atom. The number of carbonyl (C=O) groups is 1. The number of aliphatic imine (C=N–C) groups is 1. The van der Waals surface area contributed by atoms with Crippen LogP contribution in [0.25, 0.3) is 0 Å². The molecule has 3 rings (SSSR count). The minimum atomic E-state index is 0. The molecule has 2 fully saturated rings. The normalized spacial score (nSPS) is 19.3. The van der Waals surface area contributed by atoms with E-state index in [1.165, 1.54) is 30.6 Å². The molecule has 180 valence electrons. The number of hydrogen-bond donors (Lipinski definition) is 2. The van der Waals surface area contributed by atoms with Gasteiger partial charge in [0.05, 0.1) is 13.1 Å². The summed E-state index contributed by atoms with van der Waals surface area (Å²) in [4.78, 5) is 22.3. The van der Waals surface area contributed by atoms with Crippen molar-refractivity contribution < 1.29 is 4.79 Å². The lowest BCUT2D eigenvalue weighted by Gasteiger charge is -2.33. The van der Waals surface area contributed by atoms with E-state index in [2.05, 4.69) is 52.8 Å². The Kier molecular flexibility index (Phi) is 11.6. The summed E-state index contributed by atoms with van der Waals surface area (Å²) >= 11 is 2.01. The summed E-state index contributed by atoms with van der Waals surface area (Å²) < 4.78 is 0.208. The third-order valence-electron chi connectivity index (χ3n) is 6.25. The number of guanidine groups is 1. The number of carbonyl (C=O) groups excluding carboxylic acids is 1. The molecule has 1 aliphatic carbocycles. The quantitative estimate of drug-likeness (QED) is 0.282. The van der Waals surface area contributed by atoms with Crippen LogP contribution < -0.4 is 10.6 Å². The number of likely N-dealkylation sites (tertiary alicyclic amines) is 1. The third-order valence-corrected chi connectivity index (χ3v) is 7.73. The maximum Gasteiger partial charge on any atom is 0.236 e. The monoisotopic (exact) mass is 573 g/mol. The maximum atomic E-state index is 12.0. The second kappa shape index (κ2) is 13.6. The summed E-state index contributed by atoms with van der Waals surface area (Å²) in [6.45, 7) is 6.25. The summed E-state index contributed by atoms with van der Waals surface area (Å²) in [5.74, 6) is 1.12. The Balaban J connectivity index is 0.00000363. The highest BCUT2D eigenvalue weighted by atomic mass is 127. The zero-order valence-corrected chi connectivity index (χ0v) is 23.0. The zero-order chi connectivity index (χ0) is 22.1. The number of rotatable bonds is 8. The van der Waals surface area contributed by atoms with Crippen molar-refractivity contribution in [2.45, 2.75) is 61.1 Å². The van der Waals surface area contributed by atoms with Crippen LogP contribution in [0.15, 0.2) is 40.2 Å². The van der Waals surface area contributed by atoms with Gasteiger partial charge in [-0.05, 0) is 44.7 Å². The highest BCUT2D eigenvalue weighted by Gasteiger charge is 2.35. The molecule has 1 aliphatic heterocycles. The molecule has 0 unspecified atom stereocenters. The van der Waals surface area contributed by atoms with Crippen molar-refractivity contribution in [1.82, 2.24) is 20.4 Å². The summed E-state index contributed by atoms with van der Waals surface area (Å²) in [7, 11) is 3.64. The highest BCUT2D eigenvalue weighted by molar-refractivity contribution is 14.0. The van der Waals surface area contributed by atoms with Crippen molar-refractivity contribution in [3.8, 4) is 0 Å². The van der Waals surface area contributed by atoms with E-state index in [-0.39, 0.29) is 34.6 Å². The lowest BCUT2D eigenvalue weighted by Crippen LogP contribution is -2.50. The van der Waals surface area contributed by atoms with E-state index in [9.17, 15) is 4.79 Å². The van der Waals surface area contributed by atoms with E-state index in [0.29, 0.717) is 12.6 Å². The minimum Gasteiger partial charge on any atom is -0.357 e. The average molecular weight is 574 g/mol. The number of thioether (sulfide) groups is 1. The molecule has 0 bridgehead atoms. The van der Waals surface area contributed by atoms with Crippen molar-refractivity contribution in [1.29, 1.82) is 0 Å². The van der Waals surface area contributed by atoms with Gasteiger partial charge in [0, 0.05) is 49.4 Å². The molecule has 0 spiro atoms. The molecule has 2 N–H and O–H groups in total. The van der Waals surface area contributed by atoms with Crippen LogP contribution in [0.1, 0.15) is 45.4 Å². The van der Waals surface area contributed by atoms with Crippen LogP contribution in [0.2, 0.25) is 0 Å². The number of benzene rings is 1. The van der Waals surface area contributed by atoms with Gasteiger partial charge in [-0.25, -0.2) is 0 Å². The van der Waals surface area contributed by atoms with Crippen LogP contribution in [-0.2, 0) is 4.79 Å². The highest BCUT2D eigenvalue weighted by Crippen LogP contribution is 2.45. The van der Waals surface area contributed by atoms with Gasteiger partial charge in [0.2, 0.25) is 5.91 Å². The number of halogens is 1. The largest absolute Gasteiger partial charge is 0.357 e. The van der Waals surface area contributed by atoms with Crippen molar-refractivity contribution in [2.24, 2.45) is 4.99 Å². The Morgan fingerprint density at radius 3 is 2.44 bits per heavy atom. The van der Waals surface area contributed by atoms with Crippen LogP contribution in [0.4, 0.5) is 0 Å². The van der Waals surface area contributed by atoms with Gasteiger partial charge >= 0.3 is 0 Å². The van der Waals surface area contributed by atoms with Gasteiger partial charge in [-0.15, -0.1) is 35.7 Å². The van der Waals surface area contributed by atoms with E-state index < -0.39 is 0 Å². The first-order valence-electron chi connectivity index (χ1n) is 11.7. The smallest absolute Gasteiger partial charge is 0.236 e. The number of nitrogens with one attached hydrogen (secondary N) is 2. The second-order valence-corrected chi connectivity index (χ2v) is 10.5. The lowest BCUT2D eigenvalue weighted by atomic mass is 10.1. The van der Waals surface area contributed by atoms with Gasteiger partial charge < -0.3 is 15.5 Å². The molecule has 0 aromatic heterocycles. The molecule has 1 heterocycles. The van der Waals surface area contributed by atoms with Gasteiger partial charge in [-0.3, -0.25) is 14.7 Å². The lowest BCUT2D eigenvalue weighted by molar-refractivity contribution is -0.130. The molecule has 1 amide bonds. The fourth-order valence-electron chi connectivity index (χ4n) is 4.35. The van der Waals surface area contributed by atoms with Crippen LogP contribution in [0.5, 0.6) is 0 Å². The third kappa shape index (κ3) is 8.41. The van der Waals surface area contributed by atoms with Crippen LogP contribution in [-0.4, -0.2) is 79.3 Å². The Morgan fingerprint density at radius 1 is 1.19 bits per heavy atom. The Bertz CT molecular complexity index is 716. The number of likely N-dealkylation sites (N-methyl/N-ethyl adjacent to an activating group) is 1. The fourth-order valence-corrected chi connectivity index (χ4v) is 5.77. The van der Waals surface area contributed by atoms with Crippen molar-refractivity contribution in [2.75, 3.05) is 46.8 Å². The molecule has 1 aromatic carbocycles. The topological polar surface area (TPSA) is 60.0 Å². The predicted octanol–water partition coefficient (Wildman–Crippen LogP) is 3.82.